The predicted octanol–water partition coefficient (Wildman–Crippen LogP) is 2.11. The highest BCUT2D eigenvalue weighted by molar-refractivity contribution is 6.31. The minimum atomic E-state index is 0.392. The molecular weight excluding hydrogens is 214 g/mol. The van der Waals surface area contributed by atoms with Crippen LogP contribution in [-0.2, 0) is 4.74 Å². The first kappa shape index (κ1) is 10.6. The smallest absolute Gasteiger partial charge is 0.171 e. The molecule has 0 atom stereocenters. The summed E-state index contributed by atoms with van der Waals surface area (Å²) in [4.78, 5) is 8.08. The number of halogens is 1. The maximum atomic E-state index is 5.88. The first-order valence-electron chi connectivity index (χ1n) is 5.14. The third-order valence-corrected chi connectivity index (χ3v) is 2.77. The summed E-state index contributed by atoms with van der Waals surface area (Å²) < 4.78 is 5.47. The topological polar surface area (TPSA) is 47.0 Å². The maximum absolute atomic E-state index is 5.88. The Hall–Kier alpha value is -0.870. The lowest BCUT2D eigenvalue weighted by molar-refractivity contribution is 0.00292. The Morgan fingerprint density at radius 3 is 2.87 bits per heavy atom. The van der Waals surface area contributed by atoms with Crippen LogP contribution in [0.4, 0.5) is 5.82 Å². The fourth-order valence-electron chi connectivity index (χ4n) is 1.67. The summed E-state index contributed by atoms with van der Waals surface area (Å²) in [5.41, 5.74) is 0. The normalized spacial score (nSPS) is 24.7. The first-order valence-corrected chi connectivity index (χ1v) is 5.52. The molecule has 1 N–H and O–H groups in total. The van der Waals surface area contributed by atoms with E-state index in [1.54, 1.807) is 12.4 Å². The van der Waals surface area contributed by atoms with E-state index in [1.807, 2.05) is 6.92 Å². The van der Waals surface area contributed by atoms with Crippen molar-refractivity contribution in [2.75, 3.05) is 11.9 Å². The van der Waals surface area contributed by atoms with Crippen molar-refractivity contribution in [1.29, 1.82) is 0 Å². The van der Waals surface area contributed by atoms with E-state index in [2.05, 4.69) is 15.3 Å². The van der Waals surface area contributed by atoms with Gasteiger partial charge in [0.15, 0.2) is 11.0 Å². The van der Waals surface area contributed by atoms with Crippen LogP contribution in [0.2, 0.25) is 5.15 Å². The van der Waals surface area contributed by atoms with E-state index >= 15 is 0 Å². The summed E-state index contributed by atoms with van der Waals surface area (Å²) in [6, 6.07) is 0.413. The van der Waals surface area contributed by atoms with E-state index in [0.717, 1.165) is 19.4 Å². The molecule has 1 fully saturated rings. The lowest BCUT2D eigenvalue weighted by Gasteiger charge is -2.35. The van der Waals surface area contributed by atoms with E-state index < -0.39 is 0 Å². The molecule has 2 rings (SSSR count). The molecule has 0 aliphatic heterocycles. The van der Waals surface area contributed by atoms with Gasteiger partial charge in [-0.2, -0.15) is 0 Å². The van der Waals surface area contributed by atoms with Crippen molar-refractivity contribution >= 4 is 17.4 Å². The largest absolute Gasteiger partial charge is 0.378 e. The van der Waals surface area contributed by atoms with Crippen LogP contribution in [0.3, 0.4) is 0 Å². The summed E-state index contributed by atoms with van der Waals surface area (Å²) in [5, 5.41) is 3.68. The Morgan fingerprint density at radius 1 is 1.47 bits per heavy atom. The van der Waals surface area contributed by atoms with Gasteiger partial charge < -0.3 is 10.1 Å². The molecule has 1 saturated carbocycles. The lowest BCUT2D eigenvalue weighted by atomic mass is 9.89. The molecule has 1 aromatic rings. The zero-order valence-electron chi connectivity index (χ0n) is 8.61. The highest BCUT2D eigenvalue weighted by Gasteiger charge is 2.30. The average Bonchev–Trinajstić information content (AvgIpc) is 2.18. The zero-order valence-corrected chi connectivity index (χ0v) is 9.37. The van der Waals surface area contributed by atoms with Crippen LogP contribution in [0.5, 0.6) is 0 Å². The minimum Gasteiger partial charge on any atom is -0.378 e. The average molecular weight is 228 g/mol. The van der Waals surface area contributed by atoms with Gasteiger partial charge in [-0.1, -0.05) is 11.6 Å². The van der Waals surface area contributed by atoms with E-state index in [4.69, 9.17) is 16.3 Å². The molecule has 1 aromatic heterocycles. The van der Waals surface area contributed by atoms with Crippen molar-refractivity contribution in [1.82, 2.24) is 9.97 Å². The van der Waals surface area contributed by atoms with Crippen LogP contribution < -0.4 is 5.32 Å². The van der Waals surface area contributed by atoms with Gasteiger partial charge in [-0.25, -0.2) is 9.97 Å². The Labute approximate surface area is 94.0 Å². The van der Waals surface area contributed by atoms with Crippen LogP contribution >= 0.6 is 11.6 Å². The summed E-state index contributed by atoms with van der Waals surface area (Å²) >= 11 is 5.88. The lowest BCUT2D eigenvalue weighted by Crippen LogP contribution is -2.41. The fraction of sp³-hybridized carbons (Fsp3) is 0.600. The molecule has 5 heteroatoms. The highest BCUT2D eigenvalue weighted by atomic mass is 35.5. The van der Waals surface area contributed by atoms with Gasteiger partial charge in [0, 0.05) is 25.0 Å². The molecule has 0 spiro atoms. The monoisotopic (exact) mass is 227 g/mol. The van der Waals surface area contributed by atoms with Gasteiger partial charge in [0.2, 0.25) is 0 Å². The van der Waals surface area contributed by atoms with Crippen LogP contribution in [0.1, 0.15) is 19.8 Å². The van der Waals surface area contributed by atoms with Gasteiger partial charge in [-0.15, -0.1) is 0 Å². The number of hydrogen-bond acceptors (Lipinski definition) is 4. The number of aromatic nitrogens is 2. The molecule has 0 radical (unpaired) electrons. The Bertz CT molecular complexity index is 328. The molecule has 0 bridgehead atoms. The van der Waals surface area contributed by atoms with Gasteiger partial charge in [0.05, 0.1) is 6.10 Å². The molecule has 1 aliphatic carbocycles. The second-order valence-electron chi connectivity index (χ2n) is 3.59. The quantitative estimate of drug-likeness (QED) is 0.856. The van der Waals surface area contributed by atoms with Crippen molar-refractivity contribution < 1.29 is 4.74 Å². The van der Waals surface area contributed by atoms with Gasteiger partial charge >= 0.3 is 0 Å². The molecule has 4 nitrogen and oxygen atoms in total. The second kappa shape index (κ2) is 4.77. The van der Waals surface area contributed by atoms with Crippen LogP contribution in [0.25, 0.3) is 0 Å². The molecule has 15 heavy (non-hydrogen) atoms. The van der Waals surface area contributed by atoms with E-state index in [-0.39, 0.29) is 0 Å². The van der Waals surface area contributed by atoms with Gasteiger partial charge in [-0.3, -0.25) is 0 Å². The highest BCUT2D eigenvalue weighted by Crippen LogP contribution is 2.27. The number of rotatable bonds is 4. The molecule has 0 unspecified atom stereocenters. The third kappa shape index (κ3) is 2.58. The number of nitrogens with one attached hydrogen (secondary N) is 1. The minimum absolute atomic E-state index is 0.392. The molecule has 0 amide bonds. The number of ether oxygens (including phenoxy) is 1. The Balaban J connectivity index is 1.82. The van der Waals surface area contributed by atoms with Crippen molar-refractivity contribution in [3.63, 3.8) is 0 Å². The molecule has 0 aromatic carbocycles. The number of hydrogen-bond donors (Lipinski definition) is 1. The van der Waals surface area contributed by atoms with Crippen LogP contribution in [-0.4, -0.2) is 28.7 Å². The van der Waals surface area contributed by atoms with Crippen LogP contribution in [0.15, 0.2) is 12.4 Å². The van der Waals surface area contributed by atoms with Gasteiger partial charge in [0.25, 0.3) is 0 Å². The maximum Gasteiger partial charge on any atom is 0.171 e. The standard InChI is InChI=1S/C10H14ClN3O/c1-2-15-8-5-7(6-8)14-10-9(11)12-3-4-13-10/h3-4,7-8H,2,5-6H2,1H3,(H,13,14). The molecule has 1 heterocycles. The van der Waals surface area contributed by atoms with Crippen molar-refractivity contribution in [2.24, 2.45) is 0 Å². The van der Waals surface area contributed by atoms with E-state index in [0.29, 0.717) is 23.1 Å². The molecule has 1 aliphatic rings. The summed E-state index contributed by atoms with van der Waals surface area (Å²) in [6.07, 6.45) is 5.63. The summed E-state index contributed by atoms with van der Waals surface area (Å²) in [5.74, 6) is 0.666. The van der Waals surface area contributed by atoms with Crippen molar-refractivity contribution in [3.05, 3.63) is 17.5 Å². The molecular formula is C10H14ClN3O. The van der Waals surface area contributed by atoms with Crippen molar-refractivity contribution in [2.45, 2.75) is 31.9 Å². The Kier molecular flexibility index (Phi) is 3.38. The van der Waals surface area contributed by atoms with Gasteiger partial charge in [0.1, 0.15) is 0 Å². The number of nitrogens with zero attached hydrogens (tertiary/aromatic N) is 2. The predicted molar refractivity (Wildman–Crippen MR) is 59.1 cm³/mol. The SMILES string of the molecule is CCOC1CC(Nc2nccnc2Cl)C1. The Morgan fingerprint density at radius 2 is 2.20 bits per heavy atom. The van der Waals surface area contributed by atoms with Crippen LogP contribution in [0, 0.1) is 0 Å². The summed E-state index contributed by atoms with van der Waals surface area (Å²) in [7, 11) is 0. The van der Waals surface area contributed by atoms with Gasteiger partial charge in [-0.05, 0) is 19.8 Å². The first-order chi connectivity index (χ1) is 7.29. The van der Waals surface area contributed by atoms with E-state index in [9.17, 15) is 0 Å². The zero-order chi connectivity index (χ0) is 10.7. The van der Waals surface area contributed by atoms with E-state index in [1.165, 1.54) is 0 Å². The summed E-state index contributed by atoms with van der Waals surface area (Å²) in [6.45, 7) is 2.80. The third-order valence-electron chi connectivity index (χ3n) is 2.49. The molecule has 82 valence electrons. The fourth-order valence-corrected chi connectivity index (χ4v) is 1.83. The molecule has 0 saturated heterocycles. The number of anilines is 1. The second-order valence-corrected chi connectivity index (χ2v) is 3.94. The van der Waals surface area contributed by atoms with Crippen molar-refractivity contribution in [3.8, 4) is 0 Å².